The average molecular weight is 674 g/mol. The largest absolute Gasteiger partial charge is 0.490 e. The predicted octanol–water partition coefficient (Wildman–Crippen LogP) is 5.98. The molecular formula is C31H25F6N7O4. The molecule has 0 saturated heterocycles. The summed E-state index contributed by atoms with van der Waals surface area (Å²) < 4.78 is 81.2. The summed E-state index contributed by atoms with van der Waals surface area (Å²) in [6.45, 7) is 2.23. The Bertz CT molecular complexity index is 2200. The standard InChI is InChI=1S/C29H24F3N7O2.C2HF3O2/c1-16-34-24-25(39(35-26(24)29(30,31)32)20-12-13-23-22(14-20)27(33)36-41-23)28(40)38(16)19-10-8-17(9-11-19)21-7-5-4-6-18(21)15-37(2)3;3-2(4,5)1(6)7/h4-14H,15H2,1-3H3,(H2,33,36);(H,6,7). The average Bonchev–Trinajstić information content (AvgIpc) is 3.58. The third kappa shape index (κ3) is 6.57. The fourth-order valence-corrected chi connectivity index (χ4v) is 5.00. The highest BCUT2D eigenvalue weighted by molar-refractivity contribution is 5.89. The maximum absolute atomic E-state index is 14.0. The van der Waals surface area contributed by atoms with Crippen LogP contribution in [-0.2, 0) is 17.5 Å². The van der Waals surface area contributed by atoms with Crippen molar-refractivity contribution in [2.24, 2.45) is 0 Å². The highest BCUT2D eigenvalue weighted by Gasteiger charge is 2.39. The molecule has 48 heavy (non-hydrogen) atoms. The number of aryl methyl sites for hydroxylation is 1. The van der Waals surface area contributed by atoms with Gasteiger partial charge in [0.05, 0.1) is 16.8 Å². The summed E-state index contributed by atoms with van der Waals surface area (Å²) >= 11 is 0. The van der Waals surface area contributed by atoms with Gasteiger partial charge in [-0.25, -0.2) is 14.5 Å². The maximum atomic E-state index is 14.0. The van der Waals surface area contributed by atoms with Gasteiger partial charge in [0, 0.05) is 6.54 Å². The number of hydrogen-bond donors (Lipinski definition) is 2. The second-order valence-electron chi connectivity index (χ2n) is 10.7. The third-order valence-corrected chi connectivity index (χ3v) is 7.04. The second kappa shape index (κ2) is 12.5. The molecule has 0 aliphatic heterocycles. The number of nitrogen functional groups attached to an aromatic ring is 1. The van der Waals surface area contributed by atoms with Crippen LogP contribution < -0.4 is 11.3 Å². The number of carboxylic acid groups (broad SMARTS) is 1. The molecule has 250 valence electrons. The molecule has 0 bridgehead atoms. The molecule has 0 saturated carbocycles. The van der Waals surface area contributed by atoms with Crippen LogP contribution in [0.3, 0.4) is 0 Å². The fraction of sp³-hybridized carbons (Fsp3) is 0.194. The molecule has 3 heterocycles. The van der Waals surface area contributed by atoms with Crippen molar-refractivity contribution < 1.29 is 40.8 Å². The van der Waals surface area contributed by atoms with Crippen molar-refractivity contribution >= 4 is 33.8 Å². The highest BCUT2D eigenvalue weighted by Crippen LogP contribution is 2.34. The molecule has 3 aromatic carbocycles. The van der Waals surface area contributed by atoms with Crippen LogP contribution in [0.1, 0.15) is 17.1 Å². The predicted molar refractivity (Wildman–Crippen MR) is 163 cm³/mol. The van der Waals surface area contributed by atoms with E-state index < -0.39 is 35.1 Å². The number of fused-ring (bicyclic) bond motifs is 2. The number of carboxylic acids is 1. The van der Waals surface area contributed by atoms with Crippen LogP contribution in [0.4, 0.5) is 32.2 Å². The Morgan fingerprint density at radius 2 is 1.60 bits per heavy atom. The minimum absolute atomic E-state index is 0.0629. The van der Waals surface area contributed by atoms with Crippen molar-refractivity contribution in [1.29, 1.82) is 0 Å². The van der Waals surface area contributed by atoms with Gasteiger partial charge >= 0.3 is 18.3 Å². The monoisotopic (exact) mass is 673 g/mol. The molecule has 0 amide bonds. The number of hydrogen-bond acceptors (Lipinski definition) is 8. The molecule has 11 nitrogen and oxygen atoms in total. The number of nitrogens with zero attached hydrogens (tertiary/aromatic N) is 6. The van der Waals surface area contributed by atoms with E-state index in [4.69, 9.17) is 20.2 Å². The first-order chi connectivity index (χ1) is 22.5. The summed E-state index contributed by atoms with van der Waals surface area (Å²) in [5, 5.41) is 15.0. The van der Waals surface area contributed by atoms with Gasteiger partial charge in [0.25, 0.3) is 5.56 Å². The Hall–Kier alpha value is -5.71. The smallest absolute Gasteiger partial charge is 0.475 e. The van der Waals surface area contributed by atoms with E-state index >= 15 is 0 Å². The van der Waals surface area contributed by atoms with E-state index in [-0.39, 0.29) is 22.8 Å². The van der Waals surface area contributed by atoms with Crippen LogP contribution in [0.5, 0.6) is 0 Å². The van der Waals surface area contributed by atoms with Crippen LogP contribution in [0, 0.1) is 6.92 Å². The summed E-state index contributed by atoms with van der Waals surface area (Å²) in [5.41, 5.74) is 7.13. The molecule has 6 aromatic rings. The molecule has 0 spiro atoms. The SMILES string of the molecule is Cc1nc2c(C(F)(F)F)nn(-c3ccc4onc(N)c4c3)c2c(=O)n1-c1ccc(-c2ccccc2CN(C)C)cc1.O=C(O)C(F)(F)F. The molecular weight excluding hydrogens is 648 g/mol. The van der Waals surface area contributed by atoms with Crippen LogP contribution in [0.2, 0.25) is 0 Å². The van der Waals surface area contributed by atoms with E-state index in [1.54, 1.807) is 12.1 Å². The Kier molecular flexibility index (Phi) is 8.75. The number of benzene rings is 3. The number of alkyl halides is 6. The van der Waals surface area contributed by atoms with E-state index in [0.29, 0.717) is 16.7 Å². The molecule has 6 rings (SSSR count). The van der Waals surface area contributed by atoms with Gasteiger partial charge in [-0.2, -0.15) is 31.4 Å². The summed E-state index contributed by atoms with van der Waals surface area (Å²) in [5.74, 6) is -2.60. The van der Waals surface area contributed by atoms with E-state index in [1.807, 2.05) is 44.4 Å². The number of anilines is 1. The summed E-state index contributed by atoms with van der Waals surface area (Å²) in [4.78, 5) is 29.1. The van der Waals surface area contributed by atoms with Crippen molar-refractivity contribution in [1.82, 2.24) is 29.4 Å². The lowest BCUT2D eigenvalue weighted by Crippen LogP contribution is -2.24. The minimum Gasteiger partial charge on any atom is -0.475 e. The van der Waals surface area contributed by atoms with Crippen molar-refractivity contribution in [2.45, 2.75) is 25.8 Å². The third-order valence-electron chi connectivity index (χ3n) is 7.04. The Labute approximate surface area is 266 Å². The normalized spacial score (nSPS) is 12.0. The molecule has 0 atom stereocenters. The van der Waals surface area contributed by atoms with Crippen LogP contribution in [0.15, 0.2) is 76.0 Å². The Morgan fingerprint density at radius 3 is 2.21 bits per heavy atom. The molecule has 0 aliphatic carbocycles. The number of rotatable bonds is 5. The van der Waals surface area contributed by atoms with Gasteiger partial charge in [-0.05, 0) is 68.0 Å². The number of nitrogens with two attached hydrogens (primary N) is 1. The number of aliphatic carboxylic acids is 1. The molecule has 0 unspecified atom stereocenters. The second-order valence-corrected chi connectivity index (χ2v) is 10.7. The summed E-state index contributed by atoms with van der Waals surface area (Å²) in [6.07, 6.45) is -9.93. The zero-order chi connectivity index (χ0) is 35.1. The molecule has 3 aromatic heterocycles. The van der Waals surface area contributed by atoms with Crippen molar-refractivity contribution in [3.05, 3.63) is 94.2 Å². The lowest BCUT2D eigenvalue weighted by Gasteiger charge is -2.15. The van der Waals surface area contributed by atoms with Gasteiger partial charge in [-0.1, -0.05) is 41.6 Å². The van der Waals surface area contributed by atoms with Gasteiger partial charge < -0.3 is 20.3 Å². The lowest BCUT2D eigenvalue weighted by atomic mass is 9.99. The zero-order valence-corrected chi connectivity index (χ0v) is 25.3. The van der Waals surface area contributed by atoms with Gasteiger partial charge in [-0.15, -0.1) is 0 Å². The quantitative estimate of drug-likeness (QED) is 0.211. The van der Waals surface area contributed by atoms with E-state index in [2.05, 4.69) is 26.2 Å². The van der Waals surface area contributed by atoms with Gasteiger partial charge in [0.15, 0.2) is 22.6 Å². The van der Waals surface area contributed by atoms with Crippen molar-refractivity contribution in [3.8, 4) is 22.5 Å². The molecule has 0 fully saturated rings. The molecule has 0 radical (unpaired) electrons. The summed E-state index contributed by atoms with van der Waals surface area (Å²) in [6, 6.07) is 19.7. The number of halogens is 6. The van der Waals surface area contributed by atoms with E-state index in [0.717, 1.165) is 27.9 Å². The van der Waals surface area contributed by atoms with Gasteiger partial charge in [0.1, 0.15) is 11.3 Å². The van der Waals surface area contributed by atoms with Crippen molar-refractivity contribution in [2.75, 3.05) is 19.8 Å². The van der Waals surface area contributed by atoms with E-state index in [1.165, 1.54) is 29.7 Å². The number of aromatic nitrogens is 5. The summed E-state index contributed by atoms with van der Waals surface area (Å²) in [7, 11) is 3.98. The first kappa shape index (κ1) is 33.6. The van der Waals surface area contributed by atoms with Crippen LogP contribution >= 0.6 is 0 Å². The maximum Gasteiger partial charge on any atom is 0.490 e. The van der Waals surface area contributed by atoms with Crippen molar-refractivity contribution in [3.63, 3.8) is 0 Å². The van der Waals surface area contributed by atoms with Crippen LogP contribution in [-0.4, -0.2) is 60.7 Å². The number of carbonyl (C=O) groups is 1. The molecule has 3 N–H and O–H groups in total. The first-order valence-corrected chi connectivity index (χ1v) is 13.9. The molecule has 17 heteroatoms. The highest BCUT2D eigenvalue weighted by atomic mass is 19.4. The minimum atomic E-state index is -5.08. The topological polar surface area (TPSA) is 145 Å². The zero-order valence-electron chi connectivity index (χ0n) is 25.3. The Morgan fingerprint density at radius 1 is 0.979 bits per heavy atom. The Balaban J connectivity index is 0.000000582. The fourth-order valence-electron chi connectivity index (χ4n) is 5.00. The van der Waals surface area contributed by atoms with Gasteiger partial charge in [0.2, 0.25) is 0 Å². The van der Waals surface area contributed by atoms with Crippen LogP contribution in [0.25, 0.3) is 44.5 Å². The lowest BCUT2D eigenvalue weighted by molar-refractivity contribution is -0.192. The first-order valence-electron chi connectivity index (χ1n) is 13.9. The molecule has 0 aliphatic rings. The van der Waals surface area contributed by atoms with Gasteiger partial charge in [-0.3, -0.25) is 9.36 Å². The van der Waals surface area contributed by atoms with E-state index in [9.17, 15) is 31.1 Å².